The van der Waals surface area contributed by atoms with Crippen LogP contribution in [0.25, 0.3) is 0 Å². The molecule has 2 aliphatic rings. The van der Waals surface area contributed by atoms with Crippen molar-refractivity contribution in [3.63, 3.8) is 0 Å². The van der Waals surface area contributed by atoms with Crippen molar-refractivity contribution in [3.05, 3.63) is 29.3 Å². The minimum Gasteiger partial charge on any atom is -0.497 e. The quantitative estimate of drug-likeness (QED) is 0.892. The summed E-state index contributed by atoms with van der Waals surface area (Å²) in [6.45, 7) is 1.01. The van der Waals surface area contributed by atoms with E-state index in [0.717, 1.165) is 18.2 Å². The molecule has 0 amide bonds. The fraction of sp³-hybridized carbons (Fsp3) is 0.625. The molecule has 1 aromatic rings. The van der Waals surface area contributed by atoms with E-state index in [2.05, 4.69) is 23.5 Å². The van der Waals surface area contributed by atoms with Crippen LogP contribution in [0.5, 0.6) is 5.75 Å². The SMILES string of the molecule is COc1ccc2c(c1)CNC(C1CCCCC1)C2.Cl. The highest BCUT2D eigenvalue weighted by Gasteiger charge is 2.27. The second-order valence-electron chi connectivity index (χ2n) is 5.72. The van der Waals surface area contributed by atoms with E-state index in [1.165, 1.54) is 49.7 Å². The largest absolute Gasteiger partial charge is 0.497 e. The zero-order chi connectivity index (χ0) is 12.4. The van der Waals surface area contributed by atoms with Gasteiger partial charge < -0.3 is 10.1 Å². The molecule has 1 N–H and O–H groups in total. The summed E-state index contributed by atoms with van der Waals surface area (Å²) >= 11 is 0. The first kappa shape index (κ1) is 14.7. The van der Waals surface area contributed by atoms with Crippen LogP contribution in [0.3, 0.4) is 0 Å². The predicted molar refractivity (Wildman–Crippen MR) is 81.1 cm³/mol. The number of methoxy groups -OCH3 is 1. The number of nitrogens with one attached hydrogen (secondary N) is 1. The molecule has 1 fully saturated rings. The van der Waals surface area contributed by atoms with E-state index >= 15 is 0 Å². The van der Waals surface area contributed by atoms with Gasteiger partial charge in [0.2, 0.25) is 0 Å². The highest BCUT2D eigenvalue weighted by atomic mass is 35.5. The maximum Gasteiger partial charge on any atom is 0.119 e. The van der Waals surface area contributed by atoms with Gasteiger partial charge in [0.25, 0.3) is 0 Å². The van der Waals surface area contributed by atoms with Crippen molar-refractivity contribution in [2.45, 2.75) is 51.1 Å². The lowest BCUT2D eigenvalue weighted by atomic mass is 9.79. The minimum atomic E-state index is 0. The summed E-state index contributed by atoms with van der Waals surface area (Å²) in [4.78, 5) is 0. The number of halogens is 1. The fourth-order valence-corrected chi connectivity index (χ4v) is 3.51. The first-order valence-electron chi connectivity index (χ1n) is 7.26. The maximum atomic E-state index is 5.30. The van der Waals surface area contributed by atoms with E-state index in [-0.39, 0.29) is 12.4 Å². The lowest BCUT2D eigenvalue weighted by Gasteiger charge is -2.35. The van der Waals surface area contributed by atoms with Crippen LogP contribution < -0.4 is 10.1 Å². The monoisotopic (exact) mass is 281 g/mol. The Morgan fingerprint density at radius 3 is 2.63 bits per heavy atom. The van der Waals surface area contributed by atoms with E-state index < -0.39 is 0 Å². The summed E-state index contributed by atoms with van der Waals surface area (Å²) in [5.74, 6) is 1.88. The molecule has 0 spiro atoms. The summed E-state index contributed by atoms with van der Waals surface area (Å²) in [6, 6.07) is 7.23. The van der Waals surface area contributed by atoms with E-state index in [1.807, 2.05) is 0 Å². The van der Waals surface area contributed by atoms with Gasteiger partial charge in [-0.15, -0.1) is 12.4 Å². The summed E-state index contributed by atoms with van der Waals surface area (Å²) in [5, 5.41) is 3.74. The predicted octanol–water partition coefficient (Wildman–Crippen LogP) is 3.71. The summed E-state index contributed by atoms with van der Waals surface area (Å²) in [7, 11) is 1.74. The number of hydrogen-bond donors (Lipinski definition) is 1. The van der Waals surface area contributed by atoms with Crippen molar-refractivity contribution in [3.8, 4) is 5.75 Å². The van der Waals surface area contributed by atoms with Gasteiger partial charge in [-0.2, -0.15) is 0 Å². The molecule has 1 aromatic carbocycles. The molecule has 0 bridgehead atoms. The smallest absolute Gasteiger partial charge is 0.119 e. The van der Waals surface area contributed by atoms with Crippen LogP contribution in [0.4, 0.5) is 0 Å². The van der Waals surface area contributed by atoms with Crippen LogP contribution in [0, 0.1) is 5.92 Å². The number of fused-ring (bicyclic) bond motifs is 1. The molecule has 2 nitrogen and oxygen atoms in total. The zero-order valence-electron chi connectivity index (χ0n) is 11.7. The van der Waals surface area contributed by atoms with Crippen molar-refractivity contribution in [1.29, 1.82) is 0 Å². The van der Waals surface area contributed by atoms with E-state index in [9.17, 15) is 0 Å². The van der Waals surface area contributed by atoms with Crippen LogP contribution >= 0.6 is 12.4 Å². The van der Waals surface area contributed by atoms with E-state index in [4.69, 9.17) is 4.74 Å². The van der Waals surface area contributed by atoms with Crippen LogP contribution in [-0.2, 0) is 13.0 Å². The Morgan fingerprint density at radius 2 is 1.89 bits per heavy atom. The third-order valence-electron chi connectivity index (χ3n) is 4.63. The molecule has 1 atom stereocenters. The third kappa shape index (κ3) is 3.24. The average Bonchev–Trinajstić information content (AvgIpc) is 2.47. The van der Waals surface area contributed by atoms with Gasteiger partial charge >= 0.3 is 0 Å². The molecule has 0 radical (unpaired) electrons. The van der Waals surface area contributed by atoms with Gasteiger partial charge in [0.05, 0.1) is 7.11 Å². The Kier molecular flexibility index (Phi) is 5.12. The Balaban J connectivity index is 0.00000133. The molecule has 106 valence electrons. The summed E-state index contributed by atoms with van der Waals surface area (Å²) < 4.78 is 5.30. The molecule has 1 aliphatic carbocycles. The highest BCUT2D eigenvalue weighted by Crippen LogP contribution is 2.31. The molecule has 1 unspecified atom stereocenters. The van der Waals surface area contributed by atoms with Gasteiger partial charge in [-0.25, -0.2) is 0 Å². The molecule has 1 aliphatic heterocycles. The van der Waals surface area contributed by atoms with Gasteiger partial charge in [0.1, 0.15) is 5.75 Å². The first-order valence-corrected chi connectivity index (χ1v) is 7.26. The van der Waals surface area contributed by atoms with Gasteiger partial charge in [0, 0.05) is 12.6 Å². The number of benzene rings is 1. The van der Waals surface area contributed by atoms with E-state index in [0.29, 0.717) is 6.04 Å². The van der Waals surface area contributed by atoms with E-state index in [1.54, 1.807) is 7.11 Å². The average molecular weight is 282 g/mol. The van der Waals surface area contributed by atoms with Crippen LogP contribution in [0.1, 0.15) is 43.2 Å². The molecule has 1 saturated carbocycles. The van der Waals surface area contributed by atoms with Crippen LogP contribution in [0.15, 0.2) is 18.2 Å². The van der Waals surface area contributed by atoms with Gasteiger partial charge in [0.15, 0.2) is 0 Å². The van der Waals surface area contributed by atoms with Crippen molar-refractivity contribution in [1.82, 2.24) is 5.32 Å². The summed E-state index contributed by atoms with van der Waals surface area (Å²) in [6.07, 6.45) is 8.34. The molecule has 0 saturated heterocycles. The van der Waals surface area contributed by atoms with Crippen LogP contribution in [-0.4, -0.2) is 13.2 Å². The van der Waals surface area contributed by atoms with Gasteiger partial charge in [-0.3, -0.25) is 0 Å². The Morgan fingerprint density at radius 1 is 1.11 bits per heavy atom. The molecular weight excluding hydrogens is 258 g/mol. The molecule has 1 heterocycles. The fourth-order valence-electron chi connectivity index (χ4n) is 3.51. The van der Waals surface area contributed by atoms with Crippen molar-refractivity contribution < 1.29 is 4.74 Å². The molecule has 19 heavy (non-hydrogen) atoms. The second-order valence-corrected chi connectivity index (χ2v) is 5.72. The topological polar surface area (TPSA) is 21.3 Å². The standard InChI is InChI=1S/C16H23NO.ClH/c1-18-15-8-7-13-10-16(17-11-14(13)9-15)12-5-3-2-4-6-12;/h7-9,12,16-17H,2-6,10-11H2,1H3;1H. The lowest BCUT2D eigenvalue weighted by Crippen LogP contribution is -2.42. The molecule has 0 aromatic heterocycles. The third-order valence-corrected chi connectivity index (χ3v) is 4.63. The van der Waals surface area contributed by atoms with Gasteiger partial charge in [-0.1, -0.05) is 25.3 Å². The van der Waals surface area contributed by atoms with Crippen LogP contribution in [0.2, 0.25) is 0 Å². The second kappa shape index (κ2) is 6.62. The number of hydrogen-bond acceptors (Lipinski definition) is 2. The normalized spacial score (nSPS) is 23.3. The maximum absolute atomic E-state index is 5.30. The first-order chi connectivity index (χ1) is 8.86. The Labute approximate surface area is 122 Å². The minimum absolute atomic E-state index is 0. The number of ether oxygens (including phenoxy) is 1. The van der Waals surface area contributed by atoms with Crippen molar-refractivity contribution in [2.24, 2.45) is 5.92 Å². The number of rotatable bonds is 2. The Bertz CT molecular complexity index is 415. The molecular formula is C16H24ClNO. The molecule has 3 heteroatoms. The Hall–Kier alpha value is -0.730. The highest BCUT2D eigenvalue weighted by molar-refractivity contribution is 5.85. The van der Waals surface area contributed by atoms with Crippen molar-refractivity contribution >= 4 is 12.4 Å². The molecule has 3 rings (SSSR count). The summed E-state index contributed by atoms with van der Waals surface area (Å²) in [5.41, 5.74) is 2.94. The van der Waals surface area contributed by atoms with Gasteiger partial charge in [-0.05, 0) is 48.4 Å². The zero-order valence-corrected chi connectivity index (χ0v) is 12.5. The van der Waals surface area contributed by atoms with Crippen molar-refractivity contribution in [2.75, 3.05) is 7.11 Å². The lowest BCUT2D eigenvalue weighted by molar-refractivity contribution is 0.257.